The molecule has 0 radical (unpaired) electrons. The maximum absolute atomic E-state index is 15.3. The van der Waals surface area contributed by atoms with Gasteiger partial charge in [-0.3, -0.25) is 0 Å². The first-order chi connectivity index (χ1) is 12.1. The highest BCUT2D eigenvalue weighted by atomic mass is 19.1. The fourth-order valence-electron chi connectivity index (χ4n) is 4.93. The van der Waals surface area contributed by atoms with Crippen molar-refractivity contribution in [3.05, 3.63) is 23.0 Å². The van der Waals surface area contributed by atoms with E-state index in [1.54, 1.807) is 6.07 Å². The molecule has 136 valence electrons. The lowest BCUT2D eigenvalue weighted by Crippen LogP contribution is -2.41. The van der Waals surface area contributed by atoms with Crippen LogP contribution in [0.25, 0.3) is 0 Å². The van der Waals surface area contributed by atoms with Gasteiger partial charge in [0.25, 0.3) is 0 Å². The number of hydrogen-bond acceptors (Lipinski definition) is 3. The van der Waals surface area contributed by atoms with Crippen molar-refractivity contribution in [2.24, 2.45) is 5.92 Å². The predicted octanol–water partition coefficient (Wildman–Crippen LogP) is 3.81. The minimum absolute atomic E-state index is 0.221. The molecular formula is C19H25FN2O3. The second-order valence-corrected chi connectivity index (χ2v) is 7.47. The number of nitrogens with zero attached hydrogens (tertiary/aromatic N) is 2. The summed E-state index contributed by atoms with van der Waals surface area (Å²) in [5.74, 6) is 0.664. The van der Waals surface area contributed by atoms with Crippen LogP contribution in [0.15, 0.2) is 6.07 Å². The summed E-state index contributed by atoms with van der Waals surface area (Å²) < 4.78 is 20.6. The molecular weight excluding hydrogens is 323 g/mol. The average molecular weight is 348 g/mol. The number of amides is 1. The van der Waals surface area contributed by atoms with Gasteiger partial charge in [-0.25, -0.2) is 9.18 Å². The lowest BCUT2D eigenvalue weighted by atomic mass is 9.77. The number of rotatable bonds is 1. The summed E-state index contributed by atoms with van der Waals surface area (Å²) in [5, 5.41) is 9.46. The molecule has 5 nitrogen and oxygen atoms in total. The third kappa shape index (κ3) is 2.71. The van der Waals surface area contributed by atoms with Gasteiger partial charge < -0.3 is 19.6 Å². The van der Waals surface area contributed by atoms with Crippen LogP contribution in [0, 0.1) is 11.7 Å². The van der Waals surface area contributed by atoms with Crippen molar-refractivity contribution >= 4 is 11.8 Å². The van der Waals surface area contributed by atoms with E-state index in [1.807, 2.05) is 0 Å². The van der Waals surface area contributed by atoms with E-state index in [2.05, 4.69) is 4.90 Å². The normalized spacial score (nSPS) is 25.5. The minimum Gasteiger partial charge on any atom is -0.494 e. The highest BCUT2D eigenvalue weighted by molar-refractivity contribution is 5.70. The molecule has 1 aromatic carbocycles. The van der Waals surface area contributed by atoms with E-state index in [1.165, 1.54) is 24.9 Å². The predicted molar refractivity (Wildman–Crippen MR) is 92.9 cm³/mol. The summed E-state index contributed by atoms with van der Waals surface area (Å²) in [6.45, 7) is 2.28. The molecule has 0 aromatic heterocycles. The third-order valence-corrected chi connectivity index (χ3v) is 6.11. The quantitative estimate of drug-likeness (QED) is 0.838. The van der Waals surface area contributed by atoms with E-state index in [9.17, 15) is 9.90 Å². The number of carboxylic acid groups (broad SMARTS) is 1. The molecule has 3 aliphatic rings. The van der Waals surface area contributed by atoms with E-state index in [0.29, 0.717) is 25.6 Å². The van der Waals surface area contributed by atoms with E-state index in [-0.39, 0.29) is 17.5 Å². The minimum atomic E-state index is -0.925. The molecule has 2 unspecified atom stereocenters. The Bertz CT molecular complexity index is 694. The highest BCUT2D eigenvalue weighted by Gasteiger charge is 2.40. The van der Waals surface area contributed by atoms with Crippen molar-refractivity contribution in [3.8, 4) is 5.75 Å². The second kappa shape index (κ2) is 6.39. The van der Waals surface area contributed by atoms with Gasteiger partial charge in [0.15, 0.2) is 11.6 Å². The van der Waals surface area contributed by atoms with Crippen LogP contribution in [0.2, 0.25) is 0 Å². The number of anilines is 1. The molecule has 1 aromatic rings. The number of ether oxygens (including phenoxy) is 1. The van der Waals surface area contributed by atoms with E-state index in [4.69, 9.17) is 4.74 Å². The summed E-state index contributed by atoms with van der Waals surface area (Å²) in [6, 6.07) is 1.69. The molecule has 2 aliphatic heterocycles. The molecule has 6 heteroatoms. The maximum atomic E-state index is 15.3. The SMILES string of the molecule is COc1cc2c3c(c1F)C1CCCCCC1CN3CCN(C(=O)O)C2. The van der Waals surface area contributed by atoms with Crippen molar-refractivity contribution in [2.75, 3.05) is 31.6 Å². The van der Waals surface area contributed by atoms with Crippen molar-refractivity contribution < 1.29 is 19.0 Å². The fourth-order valence-corrected chi connectivity index (χ4v) is 4.93. The number of carbonyl (C=O) groups is 1. The summed E-state index contributed by atoms with van der Waals surface area (Å²) in [6.07, 6.45) is 4.75. The van der Waals surface area contributed by atoms with Crippen LogP contribution in [0.5, 0.6) is 5.75 Å². The van der Waals surface area contributed by atoms with Gasteiger partial charge in [-0.15, -0.1) is 0 Å². The summed E-state index contributed by atoms with van der Waals surface area (Å²) in [7, 11) is 1.48. The number of methoxy groups -OCH3 is 1. The molecule has 0 saturated heterocycles. The molecule has 25 heavy (non-hydrogen) atoms. The lowest BCUT2D eigenvalue weighted by molar-refractivity contribution is 0.144. The zero-order chi connectivity index (χ0) is 17.6. The molecule has 4 rings (SSSR count). The van der Waals surface area contributed by atoms with Gasteiger partial charge in [-0.2, -0.15) is 0 Å². The zero-order valence-electron chi connectivity index (χ0n) is 14.6. The van der Waals surface area contributed by atoms with E-state index >= 15 is 4.39 Å². The van der Waals surface area contributed by atoms with Crippen LogP contribution in [0.4, 0.5) is 14.9 Å². The molecule has 0 bridgehead atoms. The smallest absolute Gasteiger partial charge is 0.407 e. The summed E-state index contributed by atoms with van der Waals surface area (Å²) in [5.41, 5.74) is 2.58. The van der Waals surface area contributed by atoms with Crippen molar-refractivity contribution in [1.29, 1.82) is 0 Å². The first-order valence-corrected chi connectivity index (χ1v) is 9.22. The van der Waals surface area contributed by atoms with Crippen LogP contribution >= 0.6 is 0 Å². The molecule has 2 heterocycles. The van der Waals surface area contributed by atoms with Gasteiger partial charge in [0, 0.05) is 30.9 Å². The molecule has 2 atom stereocenters. The van der Waals surface area contributed by atoms with Crippen molar-refractivity contribution in [1.82, 2.24) is 4.90 Å². The first kappa shape index (κ1) is 16.5. The van der Waals surface area contributed by atoms with Gasteiger partial charge in [0.05, 0.1) is 13.7 Å². The monoisotopic (exact) mass is 348 g/mol. The Morgan fingerprint density at radius 2 is 2.08 bits per heavy atom. The standard InChI is InChI=1S/C19H25FN2O3/c1-25-15-9-13-11-22(19(23)24)8-7-21-10-12-5-3-2-4-6-14(12)16(17(15)20)18(13)21/h9,12,14H,2-8,10-11H2,1H3,(H,23,24). The third-order valence-electron chi connectivity index (χ3n) is 6.11. The molecule has 1 amide bonds. The molecule has 1 fully saturated rings. The van der Waals surface area contributed by atoms with Crippen LogP contribution in [0.1, 0.15) is 49.1 Å². The molecule has 1 aliphatic carbocycles. The van der Waals surface area contributed by atoms with Crippen molar-refractivity contribution in [2.45, 2.75) is 44.6 Å². The van der Waals surface area contributed by atoms with Gasteiger partial charge in [-0.05, 0) is 36.3 Å². The Morgan fingerprint density at radius 3 is 2.84 bits per heavy atom. The Hall–Kier alpha value is -1.98. The number of hydrogen-bond donors (Lipinski definition) is 1. The fraction of sp³-hybridized carbons (Fsp3) is 0.632. The Morgan fingerprint density at radius 1 is 1.28 bits per heavy atom. The van der Waals surface area contributed by atoms with Crippen LogP contribution < -0.4 is 9.64 Å². The van der Waals surface area contributed by atoms with Gasteiger partial charge in [0.2, 0.25) is 0 Å². The Balaban J connectivity index is 1.88. The number of fused-ring (bicyclic) bond motifs is 2. The molecule has 1 N–H and O–H groups in total. The topological polar surface area (TPSA) is 53.0 Å². The number of halogens is 1. The van der Waals surface area contributed by atoms with Crippen LogP contribution in [-0.2, 0) is 6.54 Å². The number of benzene rings is 1. The van der Waals surface area contributed by atoms with Gasteiger partial charge in [-0.1, -0.05) is 19.3 Å². The summed E-state index contributed by atoms with van der Waals surface area (Å²) in [4.78, 5) is 15.2. The molecule has 0 spiro atoms. The Kier molecular flexibility index (Phi) is 4.21. The van der Waals surface area contributed by atoms with Gasteiger partial charge in [0.1, 0.15) is 0 Å². The van der Waals surface area contributed by atoms with Gasteiger partial charge >= 0.3 is 6.09 Å². The molecule has 1 saturated carbocycles. The lowest BCUT2D eigenvalue weighted by Gasteiger charge is -2.41. The van der Waals surface area contributed by atoms with E-state index in [0.717, 1.165) is 42.6 Å². The summed E-state index contributed by atoms with van der Waals surface area (Å²) >= 11 is 0. The Labute approximate surface area is 147 Å². The average Bonchev–Trinajstić information content (AvgIpc) is 2.93. The first-order valence-electron chi connectivity index (χ1n) is 9.22. The van der Waals surface area contributed by atoms with Crippen molar-refractivity contribution in [3.63, 3.8) is 0 Å². The van der Waals surface area contributed by atoms with Crippen LogP contribution in [-0.4, -0.2) is 42.8 Å². The van der Waals surface area contributed by atoms with E-state index < -0.39 is 6.09 Å². The highest BCUT2D eigenvalue weighted by Crippen LogP contribution is 2.50. The second-order valence-electron chi connectivity index (χ2n) is 7.47. The van der Waals surface area contributed by atoms with Crippen LogP contribution in [0.3, 0.4) is 0 Å². The zero-order valence-corrected chi connectivity index (χ0v) is 14.6. The maximum Gasteiger partial charge on any atom is 0.407 e. The largest absolute Gasteiger partial charge is 0.494 e.